The number of rotatable bonds is 1. The third kappa shape index (κ3) is 2.21. The minimum atomic E-state index is -0.00807. The van der Waals surface area contributed by atoms with E-state index in [1.54, 1.807) is 18.5 Å². The molecule has 0 unspecified atom stereocenters. The van der Waals surface area contributed by atoms with Crippen LogP contribution in [0.2, 0.25) is 0 Å². The lowest BCUT2D eigenvalue weighted by Crippen LogP contribution is -2.11. The fourth-order valence-corrected chi connectivity index (χ4v) is 1.71. The van der Waals surface area contributed by atoms with Crippen molar-refractivity contribution >= 4 is 5.69 Å². The number of nitrogen functional groups attached to an aromatic ring is 1. The highest BCUT2D eigenvalue weighted by Crippen LogP contribution is 2.23. The molecular formula is C14H16N4. The molecule has 0 saturated heterocycles. The van der Waals surface area contributed by atoms with Gasteiger partial charge in [0.05, 0.1) is 23.3 Å². The number of benzene rings is 1. The van der Waals surface area contributed by atoms with Crippen LogP contribution in [0.1, 0.15) is 32.0 Å². The second-order valence-electron chi connectivity index (χ2n) is 5.30. The van der Waals surface area contributed by atoms with Gasteiger partial charge in [-0.05, 0) is 18.2 Å². The standard InChI is InChI=1S/C14H16N4/c1-14(2,3)13-8-18(9-17-13)12-5-4-11(16)6-10(12)7-15/h4-6,8-9H,16H2,1-3H3. The van der Waals surface area contributed by atoms with Crippen molar-refractivity contribution in [1.82, 2.24) is 9.55 Å². The minimum Gasteiger partial charge on any atom is -0.399 e. The van der Waals surface area contributed by atoms with Crippen LogP contribution in [-0.2, 0) is 5.41 Å². The molecule has 0 atom stereocenters. The van der Waals surface area contributed by atoms with Gasteiger partial charge in [-0.15, -0.1) is 0 Å². The van der Waals surface area contributed by atoms with Gasteiger partial charge in [0.15, 0.2) is 0 Å². The summed E-state index contributed by atoms with van der Waals surface area (Å²) in [4.78, 5) is 4.38. The van der Waals surface area contributed by atoms with Crippen LogP contribution in [0.4, 0.5) is 5.69 Å². The number of nitriles is 1. The van der Waals surface area contributed by atoms with Crippen LogP contribution in [0, 0.1) is 11.3 Å². The van der Waals surface area contributed by atoms with Gasteiger partial charge in [0.1, 0.15) is 6.07 Å². The van der Waals surface area contributed by atoms with E-state index in [2.05, 4.69) is 31.8 Å². The Bertz CT molecular complexity index is 611. The zero-order valence-corrected chi connectivity index (χ0v) is 10.8. The van der Waals surface area contributed by atoms with Gasteiger partial charge < -0.3 is 10.3 Å². The molecule has 0 aliphatic heterocycles. The third-order valence-corrected chi connectivity index (χ3v) is 2.77. The fourth-order valence-electron chi connectivity index (χ4n) is 1.71. The normalized spacial score (nSPS) is 11.2. The van der Waals surface area contributed by atoms with E-state index in [0.29, 0.717) is 11.3 Å². The van der Waals surface area contributed by atoms with Crippen molar-refractivity contribution in [2.75, 3.05) is 5.73 Å². The molecule has 92 valence electrons. The molecule has 4 nitrogen and oxygen atoms in total. The SMILES string of the molecule is CC(C)(C)c1cn(-c2ccc(N)cc2C#N)cn1. The Balaban J connectivity index is 2.50. The summed E-state index contributed by atoms with van der Waals surface area (Å²) >= 11 is 0. The van der Waals surface area contributed by atoms with Crippen LogP contribution in [0.15, 0.2) is 30.7 Å². The summed E-state index contributed by atoms with van der Waals surface area (Å²) in [6.07, 6.45) is 3.68. The molecule has 0 amide bonds. The van der Waals surface area contributed by atoms with E-state index in [0.717, 1.165) is 11.4 Å². The molecule has 0 bridgehead atoms. The summed E-state index contributed by atoms with van der Waals surface area (Å²) in [7, 11) is 0. The van der Waals surface area contributed by atoms with E-state index in [1.165, 1.54) is 0 Å². The lowest BCUT2D eigenvalue weighted by Gasteiger charge is -2.14. The van der Waals surface area contributed by atoms with Crippen molar-refractivity contribution in [3.05, 3.63) is 42.0 Å². The van der Waals surface area contributed by atoms with Gasteiger partial charge in [0.2, 0.25) is 0 Å². The largest absolute Gasteiger partial charge is 0.399 e. The molecule has 0 aliphatic rings. The summed E-state index contributed by atoms with van der Waals surface area (Å²) in [5.74, 6) is 0. The molecule has 4 heteroatoms. The van der Waals surface area contributed by atoms with E-state index in [1.807, 2.05) is 16.8 Å². The minimum absolute atomic E-state index is 0.00807. The summed E-state index contributed by atoms with van der Waals surface area (Å²) in [6, 6.07) is 7.45. The zero-order valence-electron chi connectivity index (χ0n) is 10.8. The number of nitrogens with two attached hydrogens (primary N) is 1. The van der Waals surface area contributed by atoms with Gasteiger partial charge in [0.25, 0.3) is 0 Å². The molecule has 0 aliphatic carbocycles. The quantitative estimate of drug-likeness (QED) is 0.779. The summed E-state index contributed by atoms with van der Waals surface area (Å²) < 4.78 is 1.86. The lowest BCUT2D eigenvalue weighted by molar-refractivity contribution is 0.572. The van der Waals surface area contributed by atoms with Crippen molar-refractivity contribution in [2.45, 2.75) is 26.2 Å². The van der Waals surface area contributed by atoms with Crippen molar-refractivity contribution in [2.24, 2.45) is 0 Å². The molecule has 0 saturated carbocycles. The van der Waals surface area contributed by atoms with E-state index < -0.39 is 0 Å². The van der Waals surface area contributed by atoms with Crippen LogP contribution in [-0.4, -0.2) is 9.55 Å². The van der Waals surface area contributed by atoms with Gasteiger partial charge in [0, 0.05) is 17.3 Å². The Hall–Kier alpha value is -2.28. The monoisotopic (exact) mass is 240 g/mol. The molecule has 0 fully saturated rings. The average molecular weight is 240 g/mol. The Morgan fingerprint density at radius 1 is 1.33 bits per heavy atom. The highest BCUT2D eigenvalue weighted by Gasteiger charge is 2.17. The number of nitrogens with zero attached hydrogens (tertiary/aromatic N) is 3. The highest BCUT2D eigenvalue weighted by atomic mass is 15.0. The summed E-state index contributed by atoms with van der Waals surface area (Å²) in [5.41, 5.74) is 8.60. The average Bonchev–Trinajstić information content (AvgIpc) is 2.77. The van der Waals surface area contributed by atoms with Gasteiger partial charge in [-0.1, -0.05) is 20.8 Å². The van der Waals surface area contributed by atoms with Gasteiger partial charge >= 0.3 is 0 Å². The molecule has 2 aromatic rings. The summed E-state index contributed by atoms with van der Waals surface area (Å²) in [6.45, 7) is 6.32. The molecule has 0 spiro atoms. The van der Waals surface area contributed by atoms with E-state index in [4.69, 9.17) is 11.0 Å². The van der Waals surface area contributed by atoms with Crippen LogP contribution in [0.25, 0.3) is 5.69 Å². The van der Waals surface area contributed by atoms with Crippen molar-refractivity contribution in [1.29, 1.82) is 5.26 Å². The second-order valence-corrected chi connectivity index (χ2v) is 5.30. The lowest BCUT2D eigenvalue weighted by atomic mass is 9.93. The van der Waals surface area contributed by atoms with Crippen LogP contribution >= 0.6 is 0 Å². The Morgan fingerprint density at radius 2 is 2.06 bits per heavy atom. The zero-order chi connectivity index (χ0) is 13.3. The Kier molecular flexibility index (Phi) is 2.84. The molecule has 0 radical (unpaired) electrons. The summed E-state index contributed by atoms with van der Waals surface area (Å²) in [5, 5.41) is 9.13. The number of hydrogen-bond acceptors (Lipinski definition) is 3. The fraction of sp³-hybridized carbons (Fsp3) is 0.286. The maximum absolute atomic E-state index is 9.13. The van der Waals surface area contributed by atoms with Crippen molar-refractivity contribution in [3.63, 3.8) is 0 Å². The maximum atomic E-state index is 9.13. The van der Waals surface area contributed by atoms with Crippen molar-refractivity contribution < 1.29 is 0 Å². The first kappa shape index (κ1) is 12.2. The first-order valence-electron chi connectivity index (χ1n) is 5.76. The number of hydrogen-bond donors (Lipinski definition) is 1. The molecule has 2 rings (SSSR count). The predicted molar refractivity (Wildman–Crippen MR) is 71.4 cm³/mol. The Morgan fingerprint density at radius 3 is 2.61 bits per heavy atom. The van der Waals surface area contributed by atoms with Gasteiger partial charge in [-0.2, -0.15) is 5.26 Å². The number of aromatic nitrogens is 2. The maximum Gasteiger partial charge on any atom is 0.101 e. The molecule has 18 heavy (non-hydrogen) atoms. The first-order valence-corrected chi connectivity index (χ1v) is 5.76. The first-order chi connectivity index (χ1) is 8.41. The van der Waals surface area contributed by atoms with Crippen LogP contribution in [0.5, 0.6) is 0 Å². The van der Waals surface area contributed by atoms with Crippen molar-refractivity contribution in [3.8, 4) is 11.8 Å². The molecule has 1 heterocycles. The Labute approximate surface area is 107 Å². The van der Waals surface area contributed by atoms with Crippen LogP contribution < -0.4 is 5.73 Å². The molecular weight excluding hydrogens is 224 g/mol. The number of anilines is 1. The molecule has 1 aromatic carbocycles. The van der Waals surface area contributed by atoms with E-state index >= 15 is 0 Å². The topological polar surface area (TPSA) is 67.6 Å². The number of imidazole rings is 1. The van der Waals surface area contributed by atoms with Crippen LogP contribution in [0.3, 0.4) is 0 Å². The highest BCUT2D eigenvalue weighted by molar-refractivity contribution is 5.56. The van der Waals surface area contributed by atoms with E-state index in [-0.39, 0.29) is 5.41 Å². The predicted octanol–water partition coefficient (Wildman–Crippen LogP) is 2.62. The van der Waals surface area contributed by atoms with Gasteiger partial charge in [-0.25, -0.2) is 4.98 Å². The second kappa shape index (κ2) is 4.19. The van der Waals surface area contributed by atoms with E-state index in [9.17, 15) is 0 Å². The van der Waals surface area contributed by atoms with Gasteiger partial charge in [-0.3, -0.25) is 0 Å². The molecule has 1 aromatic heterocycles. The third-order valence-electron chi connectivity index (χ3n) is 2.77. The molecule has 2 N–H and O–H groups in total. The smallest absolute Gasteiger partial charge is 0.101 e.